The van der Waals surface area contributed by atoms with E-state index in [-0.39, 0.29) is 5.69 Å². The van der Waals surface area contributed by atoms with Crippen LogP contribution in [0.5, 0.6) is 5.75 Å². The largest absolute Gasteiger partial charge is 0.497 e. The molecule has 126 valence electrons. The van der Waals surface area contributed by atoms with Gasteiger partial charge in [0.15, 0.2) is 0 Å². The first-order valence-electron chi connectivity index (χ1n) is 7.81. The molecule has 2 aromatic rings. The third-order valence-corrected chi connectivity index (χ3v) is 3.22. The van der Waals surface area contributed by atoms with E-state index in [0.717, 1.165) is 17.7 Å². The molecule has 0 unspecified atom stereocenters. The minimum Gasteiger partial charge on any atom is -0.497 e. The molecule has 6 heteroatoms. The molecule has 0 spiro atoms. The van der Waals surface area contributed by atoms with Crippen LogP contribution in [0.1, 0.15) is 30.5 Å². The highest BCUT2D eigenvalue weighted by molar-refractivity contribution is 5.67. The molecule has 0 aliphatic heterocycles. The van der Waals surface area contributed by atoms with Gasteiger partial charge in [0.05, 0.1) is 7.11 Å². The second-order valence-corrected chi connectivity index (χ2v) is 4.93. The molecule has 0 radical (unpaired) electrons. The number of nitriles is 1. The van der Waals surface area contributed by atoms with Gasteiger partial charge in [-0.15, -0.1) is 0 Å². The Morgan fingerprint density at radius 1 is 1.38 bits per heavy atom. The van der Waals surface area contributed by atoms with E-state index in [0.29, 0.717) is 31.5 Å². The number of hydrogen-bond acceptors (Lipinski definition) is 6. The molecular formula is C18H21N3O3. The standard InChI is InChI=1S/C18H21N3O3/c1-3-23-11-5-10-20-18-16(13-19)21-17(24-18)9-8-14-6-4-7-15(12-14)22-2/h4,6-9,12,20H,3,5,10-11H2,1-2H3/b9-8+. The maximum absolute atomic E-state index is 9.15. The van der Waals surface area contributed by atoms with Crippen LogP contribution in [0.15, 0.2) is 28.7 Å². The molecule has 1 aromatic carbocycles. The Morgan fingerprint density at radius 2 is 2.25 bits per heavy atom. The predicted molar refractivity (Wildman–Crippen MR) is 92.7 cm³/mol. The molecule has 24 heavy (non-hydrogen) atoms. The average Bonchev–Trinajstić information content (AvgIpc) is 3.02. The normalized spacial score (nSPS) is 10.7. The number of ether oxygens (including phenoxy) is 2. The van der Waals surface area contributed by atoms with Gasteiger partial charge >= 0.3 is 0 Å². The van der Waals surface area contributed by atoms with Crippen molar-refractivity contribution in [1.29, 1.82) is 5.26 Å². The van der Waals surface area contributed by atoms with Gasteiger partial charge < -0.3 is 19.2 Å². The first kappa shape index (κ1) is 17.6. The van der Waals surface area contributed by atoms with Crippen molar-refractivity contribution < 1.29 is 13.9 Å². The molecule has 0 saturated carbocycles. The van der Waals surface area contributed by atoms with E-state index < -0.39 is 0 Å². The summed E-state index contributed by atoms with van der Waals surface area (Å²) in [5, 5.41) is 12.2. The zero-order chi connectivity index (χ0) is 17.2. The van der Waals surface area contributed by atoms with Crippen molar-refractivity contribution in [2.24, 2.45) is 0 Å². The SMILES string of the molecule is CCOCCCNc1oc(/C=C/c2cccc(OC)c2)nc1C#N. The molecule has 1 aromatic heterocycles. The molecule has 0 amide bonds. The fourth-order valence-corrected chi connectivity index (χ4v) is 2.04. The van der Waals surface area contributed by atoms with E-state index in [1.54, 1.807) is 13.2 Å². The third kappa shape index (κ3) is 5.14. The summed E-state index contributed by atoms with van der Waals surface area (Å²) in [7, 11) is 1.62. The number of rotatable bonds is 9. The highest BCUT2D eigenvalue weighted by atomic mass is 16.5. The van der Waals surface area contributed by atoms with Crippen molar-refractivity contribution in [2.45, 2.75) is 13.3 Å². The molecule has 0 saturated heterocycles. The monoisotopic (exact) mass is 327 g/mol. The number of benzene rings is 1. The van der Waals surface area contributed by atoms with Crippen LogP contribution in [0.25, 0.3) is 12.2 Å². The van der Waals surface area contributed by atoms with Crippen LogP contribution in [0.2, 0.25) is 0 Å². The van der Waals surface area contributed by atoms with Crippen LogP contribution in [-0.4, -0.2) is 31.9 Å². The van der Waals surface area contributed by atoms with Crippen LogP contribution < -0.4 is 10.1 Å². The highest BCUT2D eigenvalue weighted by Gasteiger charge is 2.10. The van der Waals surface area contributed by atoms with Crippen LogP contribution in [0.3, 0.4) is 0 Å². The Morgan fingerprint density at radius 3 is 3.00 bits per heavy atom. The number of methoxy groups -OCH3 is 1. The molecular weight excluding hydrogens is 306 g/mol. The minimum atomic E-state index is 0.247. The molecule has 6 nitrogen and oxygen atoms in total. The third-order valence-electron chi connectivity index (χ3n) is 3.22. The van der Waals surface area contributed by atoms with E-state index in [4.69, 9.17) is 19.2 Å². The molecule has 1 heterocycles. The molecule has 1 N–H and O–H groups in total. The Kier molecular flexibility index (Phi) is 6.87. The summed E-state index contributed by atoms with van der Waals surface area (Å²) in [6.07, 6.45) is 4.41. The smallest absolute Gasteiger partial charge is 0.232 e. The highest BCUT2D eigenvalue weighted by Crippen LogP contribution is 2.19. The van der Waals surface area contributed by atoms with Gasteiger partial charge in [-0.25, -0.2) is 0 Å². The molecule has 0 fully saturated rings. The van der Waals surface area contributed by atoms with Gasteiger partial charge in [0, 0.05) is 25.8 Å². The van der Waals surface area contributed by atoms with Crippen LogP contribution in [0.4, 0.5) is 5.88 Å². The maximum atomic E-state index is 9.15. The van der Waals surface area contributed by atoms with Crippen molar-refractivity contribution in [3.05, 3.63) is 41.4 Å². The van der Waals surface area contributed by atoms with Crippen molar-refractivity contribution in [3.63, 3.8) is 0 Å². The fourth-order valence-electron chi connectivity index (χ4n) is 2.04. The Hall–Kier alpha value is -2.78. The van der Waals surface area contributed by atoms with Gasteiger partial charge in [-0.1, -0.05) is 12.1 Å². The summed E-state index contributed by atoms with van der Waals surface area (Å²) < 4.78 is 16.0. The van der Waals surface area contributed by atoms with Crippen LogP contribution in [-0.2, 0) is 4.74 Å². The lowest BCUT2D eigenvalue weighted by molar-refractivity contribution is 0.147. The lowest BCUT2D eigenvalue weighted by Crippen LogP contribution is -2.05. The zero-order valence-corrected chi connectivity index (χ0v) is 13.9. The van der Waals surface area contributed by atoms with Crippen molar-refractivity contribution in [2.75, 3.05) is 32.2 Å². The number of oxazole rings is 1. The van der Waals surface area contributed by atoms with E-state index in [1.165, 1.54) is 0 Å². The summed E-state index contributed by atoms with van der Waals surface area (Å²) >= 11 is 0. The topological polar surface area (TPSA) is 80.3 Å². The number of nitrogens with one attached hydrogen (secondary N) is 1. The van der Waals surface area contributed by atoms with Crippen LogP contribution in [0, 0.1) is 11.3 Å². The summed E-state index contributed by atoms with van der Waals surface area (Å²) in [6, 6.07) is 9.66. The van der Waals surface area contributed by atoms with Gasteiger partial charge in [-0.05, 0) is 37.1 Å². The minimum absolute atomic E-state index is 0.247. The van der Waals surface area contributed by atoms with E-state index in [9.17, 15) is 0 Å². The van der Waals surface area contributed by atoms with Crippen molar-refractivity contribution >= 4 is 18.0 Å². The summed E-state index contributed by atoms with van der Waals surface area (Å²) in [5.74, 6) is 1.54. The van der Waals surface area contributed by atoms with Crippen molar-refractivity contribution in [1.82, 2.24) is 4.98 Å². The number of anilines is 1. The van der Waals surface area contributed by atoms with E-state index in [2.05, 4.69) is 10.3 Å². The lowest BCUT2D eigenvalue weighted by atomic mass is 10.2. The van der Waals surface area contributed by atoms with Gasteiger partial charge in [-0.2, -0.15) is 10.2 Å². The van der Waals surface area contributed by atoms with E-state index in [1.807, 2.05) is 43.3 Å². The van der Waals surface area contributed by atoms with Gasteiger partial charge in [0.25, 0.3) is 0 Å². The van der Waals surface area contributed by atoms with Gasteiger partial charge in [0.2, 0.25) is 17.5 Å². The second-order valence-electron chi connectivity index (χ2n) is 4.93. The summed E-state index contributed by atoms with van der Waals surface area (Å²) in [4.78, 5) is 4.16. The molecule has 0 aliphatic carbocycles. The van der Waals surface area contributed by atoms with Gasteiger partial charge in [0.1, 0.15) is 11.8 Å². The fraction of sp³-hybridized carbons (Fsp3) is 0.333. The molecule has 2 rings (SSSR count). The van der Waals surface area contributed by atoms with Gasteiger partial charge in [-0.3, -0.25) is 0 Å². The number of aromatic nitrogens is 1. The molecule has 0 atom stereocenters. The average molecular weight is 327 g/mol. The zero-order valence-electron chi connectivity index (χ0n) is 13.9. The first-order chi connectivity index (χ1) is 11.8. The number of hydrogen-bond donors (Lipinski definition) is 1. The number of nitrogens with zero attached hydrogens (tertiary/aromatic N) is 2. The Balaban J connectivity index is 2.00. The quantitative estimate of drug-likeness (QED) is 0.709. The lowest BCUT2D eigenvalue weighted by Gasteiger charge is -2.02. The second kappa shape index (κ2) is 9.38. The Bertz CT molecular complexity index is 717. The van der Waals surface area contributed by atoms with Crippen LogP contribution >= 0.6 is 0 Å². The summed E-state index contributed by atoms with van der Waals surface area (Å²) in [5.41, 5.74) is 1.20. The Labute approximate surface area is 141 Å². The predicted octanol–water partition coefficient (Wildman–Crippen LogP) is 3.56. The molecule has 0 bridgehead atoms. The maximum Gasteiger partial charge on any atom is 0.232 e. The van der Waals surface area contributed by atoms with Crippen molar-refractivity contribution in [3.8, 4) is 11.8 Å². The molecule has 0 aliphatic rings. The summed E-state index contributed by atoms with van der Waals surface area (Å²) in [6.45, 7) is 3.98. The first-order valence-corrected chi connectivity index (χ1v) is 7.81. The van der Waals surface area contributed by atoms with E-state index >= 15 is 0 Å².